The van der Waals surface area contributed by atoms with Gasteiger partial charge in [-0.15, -0.1) is 0 Å². The molecule has 0 spiro atoms. The number of rotatable bonds is 4. The molecule has 6 aromatic carbocycles. The van der Waals surface area contributed by atoms with E-state index in [1.807, 2.05) is 36.4 Å². The molecule has 0 fully saturated rings. The Kier molecular flexibility index (Phi) is 5.88. The summed E-state index contributed by atoms with van der Waals surface area (Å²) < 4.78 is 6.36. The maximum Gasteiger partial charge on any atom is 0.169 e. The summed E-state index contributed by atoms with van der Waals surface area (Å²) in [4.78, 5) is 10.1. The van der Waals surface area contributed by atoms with Crippen LogP contribution in [-0.4, -0.2) is 11.7 Å². The maximum atomic E-state index is 6.36. The van der Waals surface area contributed by atoms with Crippen molar-refractivity contribution in [3.8, 4) is 22.3 Å². The number of furan rings is 1. The Labute approximate surface area is 267 Å². The third-order valence-electron chi connectivity index (χ3n) is 9.55. The number of amidine groups is 2. The summed E-state index contributed by atoms with van der Waals surface area (Å²) in [5.74, 6) is 1.59. The van der Waals surface area contributed by atoms with E-state index in [0.29, 0.717) is 0 Å². The van der Waals surface area contributed by atoms with Gasteiger partial charge in [-0.1, -0.05) is 123 Å². The Morgan fingerprint density at radius 1 is 0.543 bits per heavy atom. The van der Waals surface area contributed by atoms with Crippen LogP contribution >= 0.6 is 0 Å². The van der Waals surface area contributed by atoms with E-state index >= 15 is 0 Å². The minimum absolute atomic E-state index is 0.0451. The van der Waals surface area contributed by atoms with Gasteiger partial charge in [0.1, 0.15) is 22.8 Å². The fourth-order valence-corrected chi connectivity index (χ4v) is 7.20. The lowest BCUT2D eigenvalue weighted by Crippen LogP contribution is -2.36. The topological polar surface area (TPSA) is 49.9 Å². The molecule has 2 aliphatic rings. The minimum atomic E-state index is -0.344. The van der Waals surface area contributed by atoms with Crippen LogP contribution in [0.15, 0.2) is 154 Å². The third kappa shape index (κ3) is 4.14. The molecule has 220 valence electrons. The molecule has 1 N–H and O–H groups in total. The second kappa shape index (κ2) is 10.1. The predicted octanol–water partition coefficient (Wildman–Crippen LogP) is 10.1. The van der Waals surface area contributed by atoms with Crippen LogP contribution in [0.5, 0.6) is 0 Å². The van der Waals surface area contributed by atoms with Gasteiger partial charge in [-0.05, 0) is 69.3 Å². The van der Waals surface area contributed by atoms with E-state index in [-0.39, 0.29) is 11.6 Å². The molecule has 46 heavy (non-hydrogen) atoms. The minimum Gasteiger partial charge on any atom is -0.456 e. The van der Waals surface area contributed by atoms with E-state index < -0.39 is 0 Å². The third-order valence-corrected chi connectivity index (χ3v) is 9.55. The molecule has 0 radical (unpaired) electrons. The van der Waals surface area contributed by atoms with Crippen LogP contribution in [0, 0.1) is 0 Å². The van der Waals surface area contributed by atoms with Gasteiger partial charge in [0.2, 0.25) is 0 Å². The second-order valence-electron chi connectivity index (χ2n) is 12.7. The zero-order chi connectivity index (χ0) is 30.8. The second-order valence-corrected chi connectivity index (χ2v) is 12.7. The largest absolute Gasteiger partial charge is 0.456 e. The van der Waals surface area contributed by atoms with Crippen molar-refractivity contribution in [1.29, 1.82) is 0 Å². The molecule has 0 saturated heterocycles. The maximum absolute atomic E-state index is 6.36. The first-order valence-corrected chi connectivity index (χ1v) is 15.8. The zero-order valence-electron chi connectivity index (χ0n) is 25.7. The highest BCUT2D eigenvalue weighted by Gasteiger charge is 2.36. The molecule has 2 heterocycles. The first kappa shape index (κ1) is 26.6. The van der Waals surface area contributed by atoms with Crippen molar-refractivity contribution in [2.75, 3.05) is 0 Å². The lowest BCUT2D eigenvalue weighted by Gasteiger charge is -2.22. The Hall–Kier alpha value is -5.74. The van der Waals surface area contributed by atoms with Crippen molar-refractivity contribution in [2.45, 2.75) is 25.4 Å². The van der Waals surface area contributed by atoms with Gasteiger partial charge in [0.05, 0.1) is 0 Å². The summed E-state index contributed by atoms with van der Waals surface area (Å²) in [5.41, 5.74) is 12.6. The zero-order valence-corrected chi connectivity index (χ0v) is 25.7. The highest BCUT2D eigenvalue weighted by Crippen LogP contribution is 2.52. The van der Waals surface area contributed by atoms with Gasteiger partial charge in [0.15, 0.2) is 6.17 Å². The Morgan fingerprint density at radius 3 is 1.89 bits per heavy atom. The van der Waals surface area contributed by atoms with Crippen molar-refractivity contribution in [2.24, 2.45) is 9.98 Å². The van der Waals surface area contributed by atoms with Crippen LogP contribution in [-0.2, 0) is 5.41 Å². The molecule has 0 saturated carbocycles. The van der Waals surface area contributed by atoms with Gasteiger partial charge in [-0.3, -0.25) is 0 Å². The van der Waals surface area contributed by atoms with E-state index in [1.165, 1.54) is 33.4 Å². The Balaban J connectivity index is 1.17. The molecule has 0 amide bonds. The summed E-state index contributed by atoms with van der Waals surface area (Å²) in [6, 6.07) is 49.0. The molecular weight excluding hydrogens is 562 g/mol. The van der Waals surface area contributed by atoms with Crippen molar-refractivity contribution in [1.82, 2.24) is 5.32 Å². The fourth-order valence-electron chi connectivity index (χ4n) is 7.20. The van der Waals surface area contributed by atoms with Gasteiger partial charge >= 0.3 is 0 Å². The average Bonchev–Trinajstić information content (AvgIpc) is 3.60. The number of hydrogen-bond donors (Lipinski definition) is 1. The van der Waals surface area contributed by atoms with Gasteiger partial charge in [0.25, 0.3) is 0 Å². The van der Waals surface area contributed by atoms with Crippen molar-refractivity contribution in [3.05, 3.63) is 167 Å². The van der Waals surface area contributed by atoms with Gasteiger partial charge in [-0.2, -0.15) is 0 Å². The van der Waals surface area contributed by atoms with Crippen LogP contribution in [0.4, 0.5) is 0 Å². The lowest BCUT2D eigenvalue weighted by atomic mass is 9.82. The highest BCUT2D eigenvalue weighted by atomic mass is 16.3. The summed E-state index contributed by atoms with van der Waals surface area (Å²) in [5, 5.41) is 5.69. The summed E-state index contributed by atoms with van der Waals surface area (Å²) in [7, 11) is 0. The standard InChI is InChI=1S/C42H31N3O/c1-42(2)34-18-10-9-16-31(34)38-30(17-11-19-35(38)42)28-20-22-36-32(24-28)33-25-29(21-23-37(33)46-36)41-44-39(26-12-5-3-6-13-26)43-40(45-41)27-14-7-4-8-15-27/h3-25,39H,1-2H3,(H,43,44,45). The van der Waals surface area contributed by atoms with Crippen molar-refractivity contribution >= 4 is 33.6 Å². The van der Waals surface area contributed by atoms with E-state index in [4.69, 9.17) is 14.4 Å². The molecule has 4 heteroatoms. The van der Waals surface area contributed by atoms with Crippen LogP contribution < -0.4 is 5.32 Å². The average molecular weight is 594 g/mol. The number of benzene rings is 6. The van der Waals surface area contributed by atoms with E-state index in [0.717, 1.165) is 50.3 Å². The van der Waals surface area contributed by atoms with Crippen LogP contribution in [0.3, 0.4) is 0 Å². The lowest BCUT2D eigenvalue weighted by molar-refractivity contribution is 0.660. The van der Waals surface area contributed by atoms with Gasteiger partial charge < -0.3 is 9.73 Å². The first-order valence-electron chi connectivity index (χ1n) is 15.8. The fraction of sp³-hybridized carbons (Fsp3) is 0.0952. The van der Waals surface area contributed by atoms with Crippen LogP contribution in [0.25, 0.3) is 44.2 Å². The van der Waals surface area contributed by atoms with E-state index in [1.54, 1.807) is 0 Å². The van der Waals surface area contributed by atoms with Crippen LogP contribution in [0.2, 0.25) is 0 Å². The smallest absolute Gasteiger partial charge is 0.169 e. The number of nitrogens with one attached hydrogen (secondary N) is 1. The Bertz CT molecular complexity index is 2360. The van der Waals surface area contributed by atoms with Crippen molar-refractivity contribution < 1.29 is 4.42 Å². The highest BCUT2D eigenvalue weighted by molar-refractivity contribution is 6.18. The summed E-state index contributed by atoms with van der Waals surface area (Å²) in [6.07, 6.45) is -0.344. The SMILES string of the molecule is CC1(C)c2ccccc2-c2c(-c3ccc4oc5ccc(C6=NC(c7ccccc7)N=C(c7ccccc7)N6)cc5c4c3)cccc21. The van der Waals surface area contributed by atoms with E-state index in [2.05, 4.69) is 122 Å². The summed E-state index contributed by atoms with van der Waals surface area (Å²) >= 11 is 0. The number of fused-ring (bicyclic) bond motifs is 6. The molecule has 7 aromatic rings. The molecule has 1 aliphatic heterocycles. The molecule has 0 bridgehead atoms. The molecular formula is C42H31N3O. The molecule has 9 rings (SSSR count). The quantitative estimate of drug-likeness (QED) is 0.221. The number of aliphatic imine (C=N–C) groups is 2. The first-order chi connectivity index (χ1) is 22.5. The molecule has 1 unspecified atom stereocenters. The predicted molar refractivity (Wildman–Crippen MR) is 189 cm³/mol. The monoisotopic (exact) mass is 593 g/mol. The van der Waals surface area contributed by atoms with Gasteiger partial charge in [-0.25, -0.2) is 9.98 Å². The molecule has 1 aliphatic carbocycles. The summed E-state index contributed by atoms with van der Waals surface area (Å²) in [6.45, 7) is 4.65. The number of nitrogens with zero attached hydrogens (tertiary/aromatic N) is 2. The molecule has 1 aromatic heterocycles. The molecule has 4 nitrogen and oxygen atoms in total. The van der Waals surface area contributed by atoms with Crippen molar-refractivity contribution in [3.63, 3.8) is 0 Å². The van der Waals surface area contributed by atoms with E-state index in [9.17, 15) is 0 Å². The van der Waals surface area contributed by atoms with Gasteiger partial charge in [0, 0.05) is 27.3 Å². The van der Waals surface area contributed by atoms with Crippen LogP contribution in [0.1, 0.15) is 47.8 Å². The normalized spacial score (nSPS) is 16.4. The Morgan fingerprint density at radius 2 is 1.13 bits per heavy atom. The number of hydrogen-bond acceptors (Lipinski definition) is 4. The molecule has 1 atom stereocenters.